The molecule has 1 unspecified atom stereocenters. The summed E-state index contributed by atoms with van der Waals surface area (Å²) in [5.74, 6) is -0.781. The molecule has 1 N–H and O–H groups in total. The van der Waals surface area contributed by atoms with Crippen LogP contribution in [0.1, 0.15) is 35.4 Å². The molecule has 1 heterocycles. The van der Waals surface area contributed by atoms with Gasteiger partial charge in [0.2, 0.25) is 0 Å². The molecule has 102 valence electrons. The third-order valence-corrected chi connectivity index (χ3v) is 4.12. The summed E-state index contributed by atoms with van der Waals surface area (Å²) < 4.78 is 27.3. The number of rotatable bonds is 5. The quantitative estimate of drug-likeness (QED) is 0.855. The number of benzene rings is 1. The molecule has 4 heteroatoms. The molecule has 1 aromatic heterocycles. The number of nitrogens with one attached hydrogen (secondary N) is 1. The normalized spacial score (nSPS) is 12.6. The fourth-order valence-corrected chi connectivity index (χ4v) is 3.07. The fraction of sp³-hybridized carbons (Fsp3) is 0.333. The van der Waals surface area contributed by atoms with Crippen LogP contribution in [-0.4, -0.2) is 6.54 Å². The monoisotopic (exact) mass is 281 g/mol. The van der Waals surface area contributed by atoms with Crippen molar-refractivity contribution in [2.75, 3.05) is 6.54 Å². The van der Waals surface area contributed by atoms with Crippen molar-refractivity contribution in [1.82, 2.24) is 5.32 Å². The van der Waals surface area contributed by atoms with E-state index in [1.807, 2.05) is 25.3 Å². The molecule has 2 rings (SSSR count). The molecule has 2 aromatic rings. The summed E-state index contributed by atoms with van der Waals surface area (Å²) in [6, 6.07) is 5.33. The summed E-state index contributed by atoms with van der Waals surface area (Å²) in [5.41, 5.74) is 1.47. The second-order valence-corrected chi connectivity index (χ2v) is 5.47. The highest BCUT2D eigenvalue weighted by atomic mass is 32.1. The van der Waals surface area contributed by atoms with E-state index < -0.39 is 5.82 Å². The van der Waals surface area contributed by atoms with Gasteiger partial charge in [0.1, 0.15) is 11.6 Å². The van der Waals surface area contributed by atoms with E-state index in [0.29, 0.717) is 5.56 Å². The molecule has 1 atom stereocenters. The lowest BCUT2D eigenvalue weighted by Gasteiger charge is -2.19. The van der Waals surface area contributed by atoms with Crippen LogP contribution in [0.4, 0.5) is 8.78 Å². The van der Waals surface area contributed by atoms with Crippen molar-refractivity contribution >= 4 is 11.3 Å². The zero-order chi connectivity index (χ0) is 13.8. The van der Waals surface area contributed by atoms with Gasteiger partial charge in [0.15, 0.2) is 0 Å². The molecule has 0 saturated heterocycles. The first-order chi connectivity index (χ1) is 9.13. The molecule has 1 nitrogen and oxygen atoms in total. The molecule has 0 fully saturated rings. The number of aryl methyl sites for hydroxylation is 1. The maximum Gasteiger partial charge on any atom is 0.128 e. The Morgan fingerprint density at radius 2 is 2.05 bits per heavy atom. The maximum atomic E-state index is 14.0. The number of hydrogen-bond donors (Lipinski definition) is 1. The van der Waals surface area contributed by atoms with Gasteiger partial charge in [-0.15, -0.1) is 11.3 Å². The van der Waals surface area contributed by atoms with Crippen LogP contribution >= 0.6 is 11.3 Å². The summed E-state index contributed by atoms with van der Waals surface area (Å²) >= 11 is 1.57. The average molecular weight is 281 g/mol. The number of thiophene rings is 1. The Hall–Kier alpha value is -1.26. The predicted molar refractivity (Wildman–Crippen MR) is 75.6 cm³/mol. The van der Waals surface area contributed by atoms with Gasteiger partial charge in [-0.25, -0.2) is 8.78 Å². The van der Waals surface area contributed by atoms with Gasteiger partial charge in [-0.2, -0.15) is 0 Å². The molecule has 0 spiro atoms. The second kappa shape index (κ2) is 6.26. The van der Waals surface area contributed by atoms with E-state index in [4.69, 9.17) is 0 Å². The zero-order valence-corrected chi connectivity index (χ0v) is 11.9. The van der Waals surface area contributed by atoms with E-state index >= 15 is 0 Å². The van der Waals surface area contributed by atoms with Crippen molar-refractivity contribution < 1.29 is 8.78 Å². The molecule has 0 aliphatic heterocycles. The Bertz CT molecular complexity index is 551. The van der Waals surface area contributed by atoms with Crippen LogP contribution in [-0.2, 0) is 0 Å². The van der Waals surface area contributed by atoms with Gasteiger partial charge < -0.3 is 5.32 Å². The number of hydrogen-bond acceptors (Lipinski definition) is 2. The predicted octanol–water partition coefficient (Wildman–Crippen LogP) is 4.42. The largest absolute Gasteiger partial charge is 0.305 e. The third kappa shape index (κ3) is 3.19. The minimum atomic E-state index is -0.408. The van der Waals surface area contributed by atoms with Crippen LogP contribution in [0.2, 0.25) is 0 Å². The molecule has 1 aromatic carbocycles. The van der Waals surface area contributed by atoms with E-state index in [-0.39, 0.29) is 11.9 Å². The highest BCUT2D eigenvalue weighted by molar-refractivity contribution is 7.10. The summed E-state index contributed by atoms with van der Waals surface area (Å²) in [6.07, 6.45) is 0.942. The van der Waals surface area contributed by atoms with Crippen molar-refractivity contribution in [3.8, 4) is 0 Å². The first kappa shape index (κ1) is 14.2. The minimum absolute atomic E-state index is 0.282. The summed E-state index contributed by atoms with van der Waals surface area (Å²) in [6.45, 7) is 4.80. The van der Waals surface area contributed by atoms with Gasteiger partial charge in [0.25, 0.3) is 0 Å². The molecule has 0 saturated carbocycles. The molecular weight excluding hydrogens is 264 g/mol. The zero-order valence-electron chi connectivity index (χ0n) is 11.0. The smallest absolute Gasteiger partial charge is 0.128 e. The van der Waals surface area contributed by atoms with Gasteiger partial charge in [0.05, 0.1) is 6.04 Å². The Morgan fingerprint density at radius 3 is 2.68 bits per heavy atom. The second-order valence-electron chi connectivity index (χ2n) is 4.52. The van der Waals surface area contributed by atoms with Crippen molar-refractivity contribution in [3.63, 3.8) is 0 Å². The Kier molecular flexibility index (Phi) is 4.66. The molecular formula is C15H17F2NS. The van der Waals surface area contributed by atoms with Gasteiger partial charge in [-0.1, -0.05) is 6.92 Å². The maximum absolute atomic E-state index is 14.0. The Balaban J connectivity index is 2.42. The van der Waals surface area contributed by atoms with E-state index in [2.05, 4.69) is 5.32 Å². The lowest BCUT2D eigenvalue weighted by Crippen LogP contribution is -2.24. The molecule has 0 bridgehead atoms. The summed E-state index contributed by atoms with van der Waals surface area (Å²) in [7, 11) is 0. The van der Waals surface area contributed by atoms with Gasteiger partial charge in [0, 0.05) is 10.4 Å². The topological polar surface area (TPSA) is 12.0 Å². The van der Waals surface area contributed by atoms with Crippen molar-refractivity contribution in [2.24, 2.45) is 0 Å². The molecule has 0 aliphatic carbocycles. The van der Waals surface area contributed by atoms with Crippen LogP contribution in [0.5, 0.6) is 0 Å². The first-order valence-electron chi connectivity index (χ1n) is 6.35. The summed E-state index contributed by atoms with van der Waals surface area (Å²) in [5, 5.41) is 5.28. The standard InChI is InChI=1S/C15H17F2NS/c1-3-7-18-14(15-10(2)6-8-19-15)12-9-11(16)4-5-13(12)17/h4-6,8-9,14,18H,3,7H2,1-2H3. The van der Waals surface area contributed by atoms with E-state index in [1.54, 1.807) is 11.3 Å². The van der Waals surface area contributed by atoms with Crippen LogP contribution in [0.25, 0.3) is 0 Å². The van der Waals surface area contributed by atoms with Gasteiger partial charge in [-0.3, -0.25) is 0 Å². The van der Waals surface area contributed by atoms with Crippen LogP contribution in [0, 0.1) is 18.6 Å². The van der Waals surface area contributed by atoms with E-state index in [9.17, 15) is 8.78 Å². The first-order valence-corrected chi connectivity index (χ1v) is 7.23. The van der Waals surface area contributed by atoms with Crippen molar-refractivity contribution in [2.45, 2.75) is 26.3 Å². The summed E-state index contributed by atoms with van der Waals surface area (Å²) in [4.78, 5) is 1.04. The van der Waals surface area contributed by atoms with Gasteiger partial charge >= 0.3 is 0 Å². The van der Waals surface area contributed by atoms with Crippen LogP contribution < -0.4 is 5.32 Å². The lowest BCUT2D eigenvalue weighted by molar-refractivity contribution is 0.538. The highest BCUT2D eigenvalue weighted by Crippen LogP contribution is 2.31. The van der Waals surface area contributed by atoms with Gasteiger partial charge in [-0.05, 0) is 55.1 Å². The Labute approximate surface area is 116 Å². The Morgan fingerprint density at radius 1 is 1.26 bits per heavy atom. The van der Waals surface area contributed by atoms with E-state index in [1.165, 1.54) is 12.1 Å². The molecule has 0 aliphatic rings. The number of halogens is 2. The minimum Gasteiger partial charge on any atom is -0.305 e. The van der Waals surface area contributed by atoms with Crippen molar-refractivity contribution in [3.05, 3.63) is 57.3 Å². The molecule has 0 radical (unpaired) electrons. The lowest BCUT2D eigenvalue weighted by atomic mass is 10.0. The molecule has 0 amide bonds. The molecule has 19 heavy (non-hydrogen) atoms. The average Bonchev–Trinajstić information content (AvgIpc) is 2.80. The fourth-order valence-electron chi connectivity index (χ4n) is 2.05. The van der Waals surface area contributed by atoms with Crippen LogP contribution in [0.15, 0.2) is 29.6 Å². The SMILES string of the molecule is CCCNC(c1cc(F)ccc1F)c1sccc1C. The van der Waals surface area contributed by atoms with Crippen LogP contribution in [0.3, 0.4) is 0 Å². The van der Waals surface area contributed by atoms with Crippen molar-refractivity contribution in [1.29, 1.82) is 0 Å². The van der Waals surface area contributed by atoms with E-state index in [0.717, 1.165) is 29.5 Å². The third-order valence-electron chi connectivity index (χ3n) is 3.03. The highest BCUT2D eigenvalue weighted by Gasteiger charge is 2.20.